The summed E-state index contributed by atoms with van der Waals surface area (Å²) >= 11 is 6.72. The van der Waals surface area contributed by atoms with Gasteiger partial charge in [0, 0.05) is 25.8 Å². The van der Waals surface area contributed by atoms with Gasteiger partial charge in [0.2, 0.25) is 0 Å². The molecule has 0 fully saturated rings. The molecular formula is C14H11Br2NO. The summed E-state index contributed by atoms with van der Waals surface area (Å²) in [5.74, 6) is -0.00509. The number of nitrogens with two attached hydrogens (primary N) is 1. The van der Waals surface area contributed by atoms with Crippen molar-refractivity contribution in [2.45, 2.75) is 6.92 Å². The lowest BCUT2D eigenvalue weighted by molar-refractivity contribution is 0.103. The van der Waals surface area contributed by atoms with Crippen molar-refractivity contribution in [2.24, 2.45) is 0 Å². The maximum Gasteiger partial charge on any atom is 0.193 e. The highest BCUT2D eigenvalue weighted by atomic mass is 79.9. The topological polar surface area (TPSA) is 43.1 Å². The number of carbonyl (C=O) groups is 1. The van der Waals surface area contributed by atoms with Crippen LogP contribution in [0, 0.1) is 6.92 Å². The van der Waals surface area contributed by atoms with Gasteiger partial charge in [0.15, 0.2) is 5.78 Å². The lowest BCUT2D eigenvalue weighted by Crippen LogP contribution is -2.04. The van der Waals surface area contributed by atoms with Gasteiger partial charge < -0.3 is 5.73 Å². The van der Waals surface area contributed by atoms with Gasteiger partial charge in [-0.3, -0.25) is 4.79 Å². The van der Waals surface area contributed by atoms with Gasteiger partial charge in [-0.15, -0.1) is 0 Å². The summed E-state index contributed by atoms with van der Waals surface area (Å²) in [6.07, 6.45) is 0. The molecule has 18 heavy (non-hydrogen) atoms. The second-order valence-electron chi connectivity index (χ2n) is 4.02. The van der Waals surface area contributed by atoms with Crippen LogP contribution in [0.15, 0.2) is 45.3 Å². The zero-order valence-corrected chi connectivity index (χ0v) is 12.9. The van der Waals surface area contributed by atoms with Gasteiger partial charge in [-0.05, 0) is 58.7 Å². The van der Waals surface area contributed by atoms with E-state index in [1.165, 1.54) is 0 Å². The van der Waals surface area contributed by atoms with Gasteiger partial charge in [0.1, 0.15) is 0 Å². The minimum absolute atomic E-state index is 0.00509. The molecule has 0 aromatic heterocycles. The zero-order chi connectivity index (χ0) is 13.3. The molecule has 0 saturated carbocycles. The van der Waals surface area contributed by atoms with Crippen molar-refractivity contribution >= 4 is 43.3 Å². The van der Waals surface area contributed by atoms with Gasteiger partial charge in [-0.25, -0.2) is 0 Å². The lowest BCUT2D eigenvalue weighted by Gasteiger charge is -2.07. The second-order valence-corrected chi connectivity index (χ2v) is 5.79. The van der Waals surface area contributed by atoms with Crippen LogP contribution in [0.25, 0.3) is 0 Å². The Morgan fingerprint density at radius 2 is 1.83 bits per heavy atom. The van der Waals surface area contributed by atoms with Crippen molar-refractivity contribution in [3.63, 3.8) is 0 Å². The highest BCUT2D eigenvalue weighted by molar-refractivity contribution is 9.10. The number of halogens is 2. The third kappa shape index (κ3) is 2.65. The minimum atomic E-state index is -0.00509. The highest BCUT2D eigenvalue weighted by Crippen LogP contribution is 2.24. The summed E-state index contributed by atoms with van der Waals surface area (Å²) in [6.45, 7) is 1.92. The number of carbonyl (C=O) groups excluding carboxylic acids is 1. The first kappa shape index (κ1) is 13.3. The summed E-state index contributed by atoms with van der Waals surface area (Å²) in [6, 6.07) is 10.9. The molecule has 0 aliphatic heterocycles. The Hall–Kier alpha value is -1.13. The zero-order valence-electron chi connectivity index (χ0n) is 9.71. The largest absolute Gasteiger partial charge is 0.398 e. The molecule has 0 aliphatic rings. The third-order valence-electron chi connectivity index (χ3n) is 2.71. The molecule has 0 atom stereocenters. The molecule has 2 aromatic rings. The predicted octanol–water partition coefficient (Wildman–Crippen LogP) is 4.33. The quantitative estimate of drug-likeness (QED) is 0.633. The Morgan fingerprint density at radius 1 is 1.11 bits per heavy atom. The third-order valence-corrected chi connectivity index (χ3v) is 3.89. The van der Waals surface area contributed by atoms with Crippen LogP contribution in [0.1, 0.15) is 21.5 Å². The average molecular weight is 369 g/mol. The van der Waals surface area contributed by atoms with Gasteiger partial charge >= 0.3 is 0 Å². The number of rotatable bonds is 2. The van der Waals surface area contributed by atoms with E-state index in [4.69, 9.17) is 5.73 Å². The average Bonchev–Trinajstić information content (AvgIpc) is 2.35. The summed E-state index contributed by atoms with van der Waals surface area (Å²) in [5.41, 5.74) is 8.61. The van der Waals surface area contributed by atoms with E-state index in [2.05, 4.69) is 31.9 Å². The van der Waals surface area contributed by atoms with Crippen molar-refractivity contribution in [1.82, 2.24) is 0 Å². The monoisotopic (exact) mass is 367 g/mol. The Balaban J connectivity index is 2.47. The molecule has 0 unspecified atom stereocenters. The Morgan fingerprint density at radius 3 is 2.50 bits per heavy atom. The standard InChI is InChI=1S/C14H11Br2NO/c1-8-2-4-10(15)7-11(8)14(18)9-3-5-13(17)12(16)6-9/h2-7H,17H2,1H3. The first-order valence-electron chi connectivity index (χ1n) is 5.35. The molecule has 0 radical (unpaired) electrons. The Kier molecular flexibility index (Phi) is 3.88. The van der Waals surface area contributed by atoms with E-state index in [1.54, 1.807) is 18.2 Å². The minimum Gasteiger partial charge on any atom is -0.398 e. The first-order valence-corrected chi connectivity index (χ1v) is 6.93. The number of hydrogen-bond acceptors (Lipinski definition) is 2. The highest BCUT2D eigenvalue weighted by Gasteiger charge is 2.13. The fraction of sp³-hybridized carbons (Fsp3) is 0.0714. The number of ketones is 1. The van der Waals surface area contributed by atoms with Crippen molar-refractivity contribution < 1.29 is 4.79 Å². The van der Waals surface area contributed by atoms with Crippen LogP contribution >= 0.6 is 31.9 Å². The van der Waals surface area contributed by atoms with E-state index in [0.717, 1.165) is 14.5 Å². The summed E-state index contributed by atoms with van der Waals surface area (Å²) < 4.78 is 1.63. The maximum absolute atomic E-state index is 12.4. The van der Waals surface area contributed by atoms with E-state index in [-0.39, 0.29) is 5.78 Å². The van der Waals surface area contributed by atoms with Crippen molar-refractivity contribution in [3.05, 3.63) is 62.0 Å². The van der Waals surface area contributed by atoms with E-state index in [1.807, 2.05) is 25.1 Å². The Labute approximate surface area is 122 Å². The van der Waals surface area contributed by atoms with Crippen LogP contribution in [0.4, 0.5) is 5.69 Å². The number of hydrogen-bond donors (Lipinski definition) is 1. The molecule has 0 amide bonds. The molecule has 4 heteroatoms. The van der Waals surface area contributed by atoms with Crippen LogP contribution < -0.4 is 5.73 Å². The van der Waals surface area contributed by atoms with Crippen LogP contribution in [0.5, 0.6) is 0 Å². The molecule has 2 rings (SSSR count). The number of anilines is 1. The van der Waals surface area contributed by atoms with Crippen LogP contribution in [0.2, 0.25) is 0 Å². The number of aryl methyl sites for hydroxylation is 1. The van der Waals surface area contributed by atoms with E-state index >= 15 is 0 Å². The maximum atomic E-state index is 12.4. The summed E-state index contributed by atoms with van der Waals surface area (Å²) in [5, 5.41) is 0. The van der Waals surface area contributed by atoms with Crippen LogP contribution in [-0.4, -0.2) is 5.78 Å². The molecule has 0 bridgehead atoms. The first-order chi connectivity index (χ1) is 8.49. The number of nitrogen functional groups attached to an aromatic ring is 1. The number of benzene rings is 2. The van der Waals surface area contributed by atoms with Crippen molar-refractivity contribution in [3.8, 4) is 0 Å². The van der Waals surface area contributed by atoms with Crippen LogP contribution in [0.3, 0.4) is 0 Å². The van der Waals surface area contributed by atoms with Gasteiger partial charge in [-0.2, -0.15) is 0 Å². The van der Waals surface area contributed by atoms with Crippen molar-refractivity contribution in [1.29, 1.82) is 0 Å². The van der Waals surface area contributed by atoms with E-state index in [9.17, 15) is 4.79 Å². The summed E-state index contributed by atoms with van der Waals surface area (Å²) in [4.78, 5) is 12.4. The van der Waals surface area contributed by atoms with Crippen molar-refractivity contribution in [2.75, 3.05) is 5.73 Å². The van der Waals surface area contributed by atoms with Gasteiger partial charge in [0.05, 0.1) is 0 Å². The normalized spacial score (nSPS) is 10.4. The molecule has 0 saturated heterocycles. The molecule has 2 aromatic carbocycles. The molecule has 92 valence electrons. The fourth-order valence-corrected chi connectivity index (χ4v) is 2.40. The molecular weight excluding hydrogens is 358 g/mol. The van der Waals surface area contributed by atoms with E-state index < -0.39 is 0 Å². The molecule has 0 aliphatic carbocycles. The van der Waals surface area contributed by atoms with E-state index in [0.29, 0.717) is 16.8 Å². The van der Waals surface area contributed by atoms with Gasteiger partial charge in [0.25, 0.3) is 0 Å². The van der Waals surface area contributed by atoms with Gasteiger partial charge in [-0.1, -0.05) is 22.0 Å². The summed E-state index contributed by atoms with van der Waals surface area (Å²) in [7, 11) is 0. The molecule has 0 heterocycles. The smallest absolute Gasteiger partial charge is 0.193 e. The second kappa shape index (κ2) is 5.24. The predicted molar refractivity (Wildman–Crippen MR) is 80.9 cm³/mol. The molecule has 2 nitrogen and oxygen atoms in total. The Bertz CT molecular complexity index is 623. The van der Waals surface area contributed by atoms with Crippen LogP contribution in [-0.2, 0) is 0 Å². The molecule has 2 N–H and O–H groups in total. The molecule has 0 spiro atoms. The lowest BCUT2D eigenvalue weighted by atomic mass is 9.99. The fourth-order valence-electron chi connectivity index (χ4n) is 1.66. The SMILES string of the molecule is Cc1ccc(Br)cc1C(=O)c1ccc(N)c(Br)c1.